The van der Waals surface area contributed by atoms with Crippen LogP contribution in [0.4, 0.5) is 0 Å². The summed E-state index contributed by atoms with van der Waals surface area (Å²) in [4.78, 5) is 18.9. The Morgan fingerprint density at radius 3 is 2.46 bits per heavy atom. The number of aryl methyl sites for hydroxylation is 1. The highest BCUT2D eigenvalue weighted by Gasteiger charge is 2.08. The molecule has 1 heterocycles. The summed E-state index contributed by atoms with van der Waals surface area (Å²) in [5, 5.41) is 2.71. The van der Waals surface area contributed by atoms with Crippen molar-refractivity contribution in [3.8, 4) is 0 Å². The molecule has 1 amide bonds. The fourth-order valence-corrected chi connectivity index (χ4v) is 0.996. The normalized spacial score (nSPS) is 12.2. The van der Waals surface area contributed by atoms with Gasteiger partial charge in [0.25, 0.3) is 0 Å². The van der Waals surface area contributed by atoms with E-state index < -0.39 is 0 Å². The summed E-state index contributed by atoms with van der Waals surface area (Å²) in [5.41, 5.74) is 1.01. The Balaban J connectivity index is 2.71. The average molecular weight is 179 g/mol. The lowest BCUT2D eigenvalue weighted by molar-refractivity contribution is -0.119. The molecular weight excluding hydrogens is 166 g/mol. The number of carbonyl (C=O) groups is 1. The minimum Gasteiger partial charge on any atom is -0.347 e. The molecule has 1 N–H and O–H groups in total. The molecule has 13 heavy (non-hydrogen) atoms. The van der Waals surface area contributed by atoms with Gasteiger partial charge in [0.15, 0.2) is 0 Å². The fourth-order valence-electron chi connectivity index (χ4n) is 0.996. The van der Waals surface area contributed by atoms with Crippen molar-refractivity contribution >= 4 is 5.91 Å². The smallest absolute Gasteiger partial charge is 0.217 e. The summed E-state index contributed by atoms with van der Waals surface area (Å²) in [6, 6.07) is -0.127. The van der Waals surface area contributed by atoms with Crippen LogP contribution in [0.2, 0.25) is 0 Å². The topological polar surface area (TPSA) is 54.9 Å². The van der Waals surface area contributed by atoms with E-state index in [1.807, 2.05) is 13.8 Å². The van der Waals surface area contributed by atoms with Crippen LogP contribution in [0.3, 0.4) is 0 Å². The lowest BCUT2D eigenvalue weighted by atomic mass is 10.3. The van der Waals surface area contributed by atoms with Gasteiger partial charge in [-0.1, -0.05) is 0 Å². The van der Waals surface area contributed by atoms with E-state index in [1.165, 1.54) is 6.92 Å². The summed E-state index contributed by atoms with van der Waals surface area (Å²) >= 11 is 0. The number of rotatable bonds is 2. The van der Waals surface area contributed by atoms with Gasteiger partial charge in [0, 0.05) is 19.3 Å². The molecule has 4 nitrogen and oxygen atoms in total. The molecule has 0 saturated carbocycles. The molecule has 0 aliphatic carbocycles. The van der Waals surface area contributed by atoms with Crippen LogP contribution in [0.5, 0.6) is 0 Å². The highest BCUT2D eigenvalue weighted by atomic mass is 16.1. The first-order chi connectivity index (χ1) is 6.09. The van der Waals surface area contributed by atoms with Gasteiger partial charge >= 0.3 is 0 Å². The SMILES string of the molecule is CC(=O)NC(C)c1ncc(C)cn1. The van der Waals surface area contributed by atoms with Crippen LogP contribution in [0.15, 0.2) is 12.4 Å². The Bertz CT molecular complexity index is 294. The van der Waals surface area contributed by atoms with Crippen LogP contribution in [0.1, 0.15) is 31.3 Å². The predicted molar refractivity (Wildman–Crippen MR) is 49.0 cm³/mol. The van der Waals surface area contributed by atoms with E-state index in [4.69, 9.17) is 0 Å². The molecule has 0 aromatic carbocycles. The Morgan fingerprint density at radius 1 is 1.46 bits per heavy atom. The summed E-state index contributed by atoms with van der Waals surface area (Å²) < 4.78 is 0. The van der Waals surface area contributed by atoms with E-state index in [2.05, 4.69) is 15.3 Å². The summed E-state index contributed by atoms with van der Waals surface area (Å²) in [6.45, 7) is 5.25. The summed E-state index contributed by atoms with van der Waals surface area (Å²) in [5.74, 6) is 0.567. The van der Waals surface area contributed by atoms with Crippen LogP contribution in [0.25, 0.3) is 0 Å². The first-order valence-corrected chi connectivity index (χ1v) is 4.15. The molecular formula is C9H13N3O. The molecule has 1 unspecified atom stereocenters. The molecule has 1 atom stereocenters. The summed E-state index contributed by atoms with van der Waals surface area (Å²) in [6.07, 6.45) is 3.47. The molecule has 0 fully saturated rings. The van der Waals surface area contributed by atoms with E-state index in [0.717, 1.165) is 5.56 Å². The van der Waals surface area contributed by atoms with Crippen molar-refractivity contribution in [2.24, 2.45) is 0 Å². The van der Waals surface area contributed by atoms with E-state index in [-0.39, 0.29) is 11.9 Å². The Hall–Kier alpha value is -1.45. The molecule has 0 aliphatic heterocycles. The molecule has 70 valence electrons. The van der Waals surface area contributed by atoms with Crippen LogP contribution in [-0.2, 0) is 4.79 Å². The third-order valence-electron chi connectivity index (χ3n) is 1.61. The maximum Gasteiger partial charge on any atom is 0.217 e. The highest BCUT2D eigenvalue weighted by molar-refractivity contribution is 5.73. The van der Waals surface area contributed by atoms with Gasteiger partial charge in [0.2, 0.25) is 5.91 Å². The number of hydrogen-bond donors (Lipinski definition) is 1. The molecule has 1 aromatic rings. The fraction of sp³-hybridized carbons (Fsp3) is 0.444. The van der Waals surface area contributed by atoms with Crippen molar-refractivity contribution < 1.29 is 4.79 Å². The molecule has 0 saturated heterocycles. The Morgan fingerprint density at radius 2 is 2.00 bits per heavy atom. The Kier molecular flexibility index (Phi) is 2.95. The zero-order valence-electron chi connectivity index (χ0n) is 8.03. The van der Waals surface area contributed by atoms with E-state index in [1.54, 1.807) is 12.4 Å². The van der Waals surface area contributed by atoms with Crippen molar-refractivity contribution in [1.29, 1.82) is 0 Å². The minimum atomic E-state index is -0.127. The van der Waals surface area contributed by atoms with E-state index in [0.29, 0.717) is 5.82 Å². The molecule has 0 bridgehead atoms. The Labute approximate surface area is 77.4 Å². The van der Waals surface area contributed by atoms with Crippen LogP contribution < -0.4 is 5.32 Å². The zero-order valence-corrected chi connectivity index (χ0v) is 8.03. The van der Waals surface area contributed by atoms with Gasteiger partial charge in [-0.3, -0.25) is 4.79 Å². The van der Waals surface area contributed by atoms with Crippen LogP contribution in [-0.4, -0.2) is 15.9 Å². The molecule has 0 aliphatic rings. The number of nitrogens with zero attached hydrogens (tertiary/aromatic N) is 2. The molecule has 1 rings (SSSR count). The average Bonchev–Trinajstić information content (AvgIpc) is 2.04. The molecule has 0 radical (unpaired) electrons. The quantitative estimate of drug-likeness (QED) is 0.736. The second-order valence-electron chi connectivity index (χ2n) is 3.04. The van der Waals surface area contributed by atoms with E-state index in [9.17, 15) is 4.79 Å². The lowest BCUT2D eigenvalue weighted by Crippen LogP contribution is -2.25. The standard InChI is InChI=1S/C9H13N3O/c1-6-4-10-9(11-5-6)7(2)12-8(3)13/h4-5,7H,1-3H3,(H,12,13). The second-order valence-corrected chi connectivity index (χ2v) is 3.04. The van der Waals surface area contributed by atoms with E-state index >= 15 is 0 Å². The van der Waals surface area contributed by atoms with Gasteiger partial charge in [0.1, 0.15) is 5.82 Å². The van der Waals surface area contributed by atoms with Gasteiger partial charge in [-0.2, -0.15) is 0 Å². The van der Waals surface area contributed by atoms with Gasteiger partial charge in [-0.25, -0.2) is 9.97 Å². The number of aromatic nitrogens is 2. The van der Waals surface area contributed by atoms with Gasteiger partial charge in [-0.05, 0) is 19.4 Å². The first-order valence-electron chi connectivity index (χ1n) is 4.15. The largest absolute Gasteiger partial charge is 0.347 e. The number of carbonyl (C=O) groups excluding carboxylic acids is 1. The third kappa shape index (κ3) is 2.82. The van der Waals surface area contributed by atoms with Crippen LogP contribution in [0, 0.1) is 6.92 Å². The van der Waals surface area contributed by atoms with Crippen molar-refractivity contribution in [2.45, 2.75) is 26.8 Å². The third-order valence-corrected chi connectivity index (χ3v) is 1.61. The number of amides is 1. The van der Waals surface area contributed by atoms with Crippen molar-refractivity contribution in [3.05, 3.63) is 23.8 Å². The zero-order chi connectivity index (χ0) is 9.84. The van der Waals surface area contributed by atoms with Gasteiger partial charge in [-0.15, -0.1) is 0 Å². The van der Waals surface area contributed by atoms with Crippen molar-refractivity contribution in [3.63, 3.8) is 0 Å². The first kappa shape index (κ1) is 9.64. The van der Waals surface area contributed by atoms with Crippen LogP contribution >= 0.6 is 0 Å². The molecule has 1 aromatic heterocycles. The lowest BCUT2D eigenvalue weighted by Gasteiger charge is -2.10. The van der Waals surface area contributed by atoms with Gasteiger partial charge < -0.3 is 5.32 Å². The molecule has 4 heteroatoms. The predicted octanol–water partition coefficient (Wildman–Crippen LogP) is 0.982. The minimum absolute atomic E-state index is 0.0725. The van der Waals surface area contributed by atoms with Crippen molar-refractivity contribution in [2.75, 3.05) is 0 Å². The molecule has 0 spiro atoms. The number of nitrogens with one attached hydrogen (secondary N) is 1. The maximum atomic E-state index is 10.7. The summed E-state index contributed by atoms with van der Waals surface area (Å²) in [7, 11) is 0. The highest BCUT2D eigenvalue weighted by Crippen LogP contribution is 2.05. The maximum absolute atomic E-state index is 10.7. The number of hydrogen-bond acceptors (Lipinski definition) is 3. The second kappa shape index (κ2) is 3.98. The monoisotopic (exact) mass is 179 g/mol. The van der Waals surface area contributed by atoms with Gasteiger partial charge in [0.05, 0.1) is 6.04 Å². The van der Waals surface area contributed by atoms with Crippen molar-refractivity contribution in [1.82, 2.24) is 15.3 Å².